The van der Waals surface area contributed by atoms with Gasteiger partial charge in [0.25, 0.3) is 0 Å². The fourth-order valence-electron chi connectivity index (χ4n) is 2.67. The van der Waals surface area contributed by atoms with Crippen molar-refractivity contribution in [3.63, 3.8) is 0 Å². The minimum absolute atomic E-state index is 0. The lowest BCUT2D eigenvalue weighted by atomic mass is 10.1. The third kappa shape index (κ3) is 6.08. The number of aliphatic imine (C=N–C) groups is 1. The molecule has 8 heteroatoms. The number of nitrogens with one attached hydrogen (secondary N) is 2. The molecule has 3 rings (SSSR count). The lowest BCUT2D eigenvalue weighted by Gasteiger charge is -2.12. The van der Waals surface area contributed by atoms with Gasteiger partial charge in [-0.25, -0.2) is 4.98 Å². The van der Waals surface area contributed by atoms with Crippen molar-refractivity contribution in [3.05, 3.63) is 71.6 Å². The summed E-state index contributed by atoms with van der Waals surface area (Å²) in [6, 6.07) is 12.3. The highest BCUT2D eigenvalue weighted by Crippen LogP contribution is 2.13. The zero-order valence-electron chi connectivity index (χ0n) is 16.4. The van der Waals surface area contributed by atoms with Crippen molar-refractivity contribution in [2.24, 2.45) is 4.99 Å². The maximum Gasteiger partial charge on any atom is 0.191 e. The van der Waals surface area contributed by atoms with Crippen molar-refractivity contribution in [1.82, 2.24) is 25.3 Å². The SMILES string of the molecule is CN=C(NCc1cc(C(C)C)no1)NCc1nccn1Cc1ccccc1.I. The molecule has 1 aromatic carbocycles. The molecule has 2 heterocycles. The molecule has 2 N–H and O–H groups in total. The molecule has 0 spiro atoms. The molecule has 150 valence electrons. The van der Waals surface area contributed by atoms with E-state index in [-0.39, 0.29) is 24.0 Å². The van der Waals surface area contributed by atoms with Crippen LogP contribution in [0, 0.1) is 0 Å². The Balaban J connectivity index is 0.00000280. The molecule has 0 saturated carbocycles. The molecule has 0 fully saturated rings. The van der Waals surface area contributed by atoms with Gasteiger partial charge in [-0.15, -0.1) is 24.0 Å². The minimum atomic E-state index is 0. The van der Waals surface area contributed by atoms with Crippen LogP contribution in [0.15, 0.2) is 58.3 Å². The Morgan fingerprint density at radius 1 is 1.18 bits per heavy atom. The topological polar surface area (TPSA) is 80.3 Å². The Bertz CT molecular complexity index is 872. The molecule has 0 unspecified atom stereocenters. The van der Waals surface area contributed by atoms with Gasteiger partial charge in [-0.1, -0.05) is 49.3 Å². The van der Waals surface area contributed by atoms with Crippen molar-refractivity contribution in [2.75, 3.05) is 7.05 Å². The zero-order valence-corrected chi connectivity index (χ0v) is 18.8. The minimum Gasteiger partial charge on any atom is -0.359 e. The highest BCUT2D eigenvalue weighted by Gasteiger charge is 2.09. The summed E-state index contributed by atoms with van der Waals surface area (Å²) >= 11 is 0. The van der Waals surface area contributed by atoms with Gasteiger partial charge in [0.05, 0.1) is 18.8 Å². The second-order valence-electron chi connectivity index (χ2n) is 6.61. The van der Waals surface area contributed by atoms with E-state index in [2.05, 4.69) is 56.3 Å². The van der Waals surface area contributed by atoms with Crippen LogP contribution in [0.1, 0.15) is 42.6 Å². The van der Waals surface area contributed by atoms with Crippen molar-refractivity contribution in [1.29, 1.82) is 0 Å². The molecule has 0 aliphatic rings. The molecule has 0 saturated heterocycles. The maximum atomic E-state index is 5.34. The fraction of sp³-hybridized carbons (Fsp3) is 0.350. The van der Waals surface area contributed by atoms with Crippen LogP contribution < -0.4 is 10.6 Å². The Labute approximate surface area is 182 Å². The molecule has 7 nitrogen and oxygen atoms in total. The van der Waals surface area contributed by atoms with Crippen LogP contribution in [0.3, 0.4) is 0 Å². The molecular formula is C20H27IN6O. The van der Waals surface area contributed by atoms with Crippen LogP contribution in [0.4, 0.5) is 0 Å². The summed E-state index contributed by atoms with van der Waals surface area (Å²) in [6.07, 6.45) is 3.81. The molecule has 0 amide bonds. The van der Waals surface area contributed by atoms with E-state index in [1.165, 1.54) is 5.56 Å². The predicted molar refractivity (Wildman–Crippen MR) is 121 cm³/mol. The number of aromatic nitrogens is 3. The summed E-state index contributed by atoms with van der Waals surface area (Å²) in [4.78, 5) is 8.70. The standard InChI is InChI=1S/C20H26N6O.HI/c1-15(2)18-11-17(27-25-18)12-23-20(21-3)24-13-19-22-9-10-26(19)14-16-7-5-4-6-8-16;/h4-11,15H,12-14H2,1-3H3,(H2,21,23,24);1H. The number of halogens is 1. The smallest absolute Gasteiger partial charge is 0.191 e. The number of hydrogen-bond donors (Lipinski definition) is 2. The van der Waals surface area contributed by atoms with E-state index < -0.39 is 0 Å². The van der Waals surface area contributed by atoms with Crippen LogP contribution in [-0.2, 0) is 19.6 Å². The number of imidazole rings is 1. The van der Waals surface area contributed by atoms with Gasteiger partial charge in [-0.2, -0.15) is 0 Å². The number of nitrogens with zero attached hydrogens (tertiary/aromatic N) is 4. The summed E-state index contributed by atoms with van der Waals surface area (Å²) < 4.78 is 7.47. The van der Waals surface area contributed by atoms with Gasteiger partial charge in [0, 0.05) is 32.1 Å². The normalized spacial score (nSPS) is 11.4. The van der Waals surface area contributed by atoms with E-state index in [1.54, 1.807) is 7.05 Å². The first-order chi connectivity index (χ1) is 13.2. The molecule has 0 atom stereocenters. The highest BCUT2D eigenvalue weighted by atomic mass is 127. The van der Waals surface area contributed by atoms with Gasteiger partial charge in [0.15, 0.2) is 11.7 Å². The summed E-state index contributed by atoms with van der Waals surface area (Å²) in [5, 5.41) is 10.6. The first-order valence-electron chi connectivity index (χ1n) is 9.09. The van der Waals surface area contributed by atoms with Crippen molar-refractivity contribution in [3.8, 4) is 0 Å². The van der Waals surface area contributed by atoms with Crippen LogP contribution in [-0.4, -0.2) is 27.7 Å². The highest BCUT2D eigenvalue weighted by molar-refractivity contribution is 14.0. The number of benzene rings is 1. The van der Waals surface area contributed by atoms with Gasteiger partial charge in [0.2, 0.25) is 0 Å². The van der Waals surface area contributed by atoms with Gasteiger partial charge >= 0.3 is 0 Å². The van der Waals surface area contributed by atoms with Crippen molar-refractivity contribution < 1.29 is 4.52 Å². The summed E-state index contributed by atoms with van der Waals surface area (Å²) in [5.74, 6) is 2.77. The number of rotatable bonds is 7. The molecule has 0 aliphatic heterocycles. The second-order valence-corrected chi connectivity index (χ2v) is 6.61. The van der Waals surface area contributed by atoms with Gasteiger partial charge in [0.1, 0.15) is 5.82 Å². The maximum absolute atomic E-state index is 5.34. The number of hydrogen-bond acceptors (Lipinski definition) is 4. The summed E-state index contributed by atoms with van der Waals surface area (Å²) in [5.41, 5.74) is 2.20. The third-order valence-electron chi connectivity index (χ3n) is 4.23. The first kappa shape index (κ1) is 21.9. The molecular weight excluding hydrogens is 467 g/mol. The molecule has 0 bridgehead atoms. The predicted octanol–water partition coefficient (Wildman–Crippen LogP) is 3.53. The first-order valence-corrected chi connectivity index (χ1v) is 9.09. The number of guanidine groups is 1. The van der Waals surface area contributed by atoms with Gasteiger partial charge in [-0.3, -0.25) is 4.99 Å². The Kier molecular flexibility index (Phi) is 8.49. The molecule has 0 radical (unpaired) electrons. The van der Waals surface area contributed by atoms with Crippen molar-refractivity contribution >= 4 is 29.9 Å². The van der Waals surface area contributed by atoms with E-state index in [0.717, 1.165) is 23.8 Å². The van der Waals surface area contributed by atoms with Crippen LogP contribution >= 0.6 is 24.0 Å². The summed E-state index contributed by atoms with van der Waals surface area (Å²) in [7, 11) is 1.74. The van der Waals surface area contributed by atoms with Crippen LogP contribution in [0.25, 0.3) is 0 Å². The van der Waals surface area contributed by atoms with Gasteiger partial charge < -0.3 is 19.7 Å². The third-order valence-corrected chi connectivity index (χ3v) is 4.23. The average Bonchev–Trinajstić information content (AvgIpc) is 3.32. The van der Waals surface area contributed by atoms with Gasteiger partial charge in [-0.05, 0) is 11.5 Å². The van der Waals surface area contributed by atoms with Crippen LogP contribution in [0.2, 0.25) is 0 Å². The quantitative estimate of drug-likeness (QED) is 0.299. The van der Waals surface area contributed by atoms with E-state index in [1.807, 2.05) is 36.7 Å². The van der Waals surface area contributed by atoms with Crippen molar-refractivity contribution in [2.45, 2.75) is 39.4 Å². The van der Waals surface area contributed by atoms with E-state index in [4.69, 9.17) is 4.52 Å². The lowest BCUT2D eigenvalue weighted by molar-refractivity contribution is 0.372. The lowest BCUT2D eigenvalue weighted by Crippen LogP contribution is -2.36. The Morgan fingerprint density at radius 2 is 1.93 bits per heavy atom. The average molecular weight is 494 g/mol. The Hall–Kier alpha value is -2.36. The van der Waals surface area contributed by atoms with E-state index in [0.29, 0.717) is 25.0 Å². The second kappa shape index (κ2) is 10.8. The van der Waals surface area contributed by atoms with E-state index in [9.17, 15) is 0 Å². The summed E-state index contributed by atoms with van der Waals surface area (Å²) in [6.45, 7) is 6.07. The largest absolute Gasteiger partial charge is 0.359 e. The molecule has 2 aromatic heterocycles. The van der Waals surface area contributed by atoms with E-state index >= 15 is 0 Å². The van der Waals surface area contributed by atoms with Crippen LogP contribution in [0.5, 0.6) is 0 Å². The molecule has 28 heavy (non-hydrogen) atoms. The fourth-order valence-corrected chi connectivity index (χ4v) is 2.67. The molecule has 3 aromatic rings. The monoisotopic (exact) mass is 494 g/mol. The molecule has 0 aliphatic carbocycles. The zero-order chi connectivity index (χ0) is 19.1. The Morgan fingerprint density at radius 3 is 2.61 bits per heavy atom.